The van der Waals surface area contributed by atoms with Crippen LogP contribution in [0, 0.1) is 5.92 Å². The molecular formula is C10H16BO2. The minimum absolute atomic E-state index is 0. The summed E-state index contributed by atoms with van der Waals surface area (Å²) in [5.74, 6) is 1.01. The molecule has 0 heterocycles. The summed E-state index contributed by atoms with van der Waals surface area (Å²) >= 11 is 0. The van der Waals surface area contributed by atoms with Crippen molar-refractivity contribution in [3.05, 3.63) is 30.3 Å². The van der Waals surface area contributed by atoms with Gasteiger partial charge >= 0.3 is 0 Å². The van der Waals surface area contributed by atoms with Crippen LogP contribution in [0.15, 0.2) is 30.3 Å². The highest BCUT2D eigenvalue weighted by molar-refractivity contribution is 6.53. The Labute approximate surface area is 79.8 Å². The van der Waals surface area contributed by atoms with Gasteiger partial charge in [-0.1, -0.05) is 55.0 Å². The van der Waals surface area contributed by atoms with Crippen molar-refractivity contribution in [1.82, 2.24) is 0 Å². The molecule has 1 aromatic carbocycles. The number of hydrogen-bond donors (Lipinski definition) is 0. The van der Waals surface area contributed by atoms with Crippen LogP contribution < -0.4 is 5.46 Å². The summed E-state index contributed by atoms with van der Waals surface area (Å²) in [7, 11) is 2.34. The molecular weight excluding hydrogens is 163 g/mol. The zero-order chi connectivity index (χ0) is 7.52. The Kier molecular flexibility index (Phi) is 5.43. The van der Waals surface area contributed by atoms with E-state index in [9.17, 15) is 0 Å². The van der Waals surface area contributed by atoms with Crippen molar-refractivity contribution in [1.29, 1.82) is 0 Å². The number of benzene rings is 1. The Balaban J connectivity index is 0.000000720. The highest BCUT2D eigenvalue weighted by atomic mass is 16.0. The van der Waals surface area contributed by atoms with Gasteiger partial charge in [0, 0.05) is 0 Å². The Bertz CT molecular complexity index is 222. The lowest BCUT2D eigenvalue weighted by molar-refractivity contribution is 0.823. The lowest BCUT2D eigenvalue weighted by Gasteiger charge is -1.95. The fraction of sp³-hybridized carbons (Fsp3) is 0.400. The predicted molar refractivity (Wildman–Crippen MR) is 56.6 cm³/mol. The van der Waals surface area contributed by atoms with Gasteiger partial charge in [0.1, 0.15) is 0 Å². The molecule has 1 radical (unpaired) electrons. The number of hydrogen-bond acceptors (Lipinski definition) is 0. The number of rotatable bonds is 3. The monoisotopic (exact) mass is 179 g/mol. The van der Waals surface area contributed by atoms with E-state index in [-0.39, 0.29) is 11.0 Å². The lowest BCUT2D eigenvalue weighted by Crippen LogP contribution is -2.12. The van der Waals surface area contributed by atoms with Crippen LogP contribution in [0.1, 0.15) is 12.8 Å². The van der Waals surface area contributed by atoms with Crippen LogP contribution in [0.2, 0.25) is 6.32 Å². The summed E-state index contributed by atoms with van der Waals surface area (Å²) in [6, 6.07) is 10.6. The van der Waals surface area contributed by atoms with E-state index in [0.717, 1.165) is 5.92 Å². The van der Waals surface area contributed by atoms with Crippen molar-refractivity contribution in [3.8, 4) is 0 Å². The molecule has 3 heteroatoms. The SMILES string of the molecule is O.O.[B](CC1CC1)c1ccccc1. The van der Waals surface area contributed by atoms with E-state index in [2.05, 4.69) is 37.6 Å². The van der Waals surface area contributed by atoms with Gasteiger partial charge in [0.05, 0.1) is 0 Å². The van der Waals surface area contributed by atoms with E-state index in [1.807, 2.05) is 0 Å². The summed E-state index contributed by atoms with van der Waals surface area (Å²) in [4.78, 5) is 0. The maximum Gasteiger partial charge on any atom is 0.151 e. The zero-order valence-electron chi connectivity index (χ0n) is 7.66. The second kappa shape index (κ2) is 5.78. The van der Waals surface area contributed by atoms with Gasteiger partial charge in [-0.2, -0.15) is 0 Å². The van der Waals surface area contributed by atoms with Gasteiger partial charge in [0.15, 0.2) is 7.28 Å². The summed E-state index contributed by atoms with van der Waals surface area (Å²) in [6.45, 7) is 0. The summed E-state index contributed by atoms with van der Waals surface area (Å²) < 4.78 is 0. The van der Waals surface area contributed by atoms with Crippen LogP contribution in [-0.2, 0) is 0 Å². The van der Waals surface area contributed by atoms with Crippen molar-refractivity contribution in [3.63, 3.8) is 0 Å². The van der Waals surface area contributed by atoms with Gasteiger partial charge in [0.25, 0.3) is 0 Å². The molecule has 0 aromatic heterocycles. The molecule has 1 saturated carbocycles. The van der Waals surface area contributed by atoms with Crippen molar-refractivity contribution in [2.75, 3.05) is 0 Å². The molecule has 2 nitrogen and oxygen atoms in total. The first-order valence-corrected chi connectivity index (χ1v) is 4.33. The Morgan fingerprint density at radius 1 is 1.08 bits per heavy atom. The molecule has 1 aromatic rings. The van der Waals surface area contributed by atoms with Gasteiger partial charge in [-0.3, -0.25) is 0 Å². The fourth-order valence-corrected chi connectivity index (χ4v) is 1.25. The fourth-order valence-electron chi connectivity index (χ4n) is 1.25. The third-order valence-electron chi connectivity index (χ3n) is 2.18. The maximum absolute atomic E-state index is 2.34. The van der Waals surface area contributed by atoms with E-state index in [1.165, 1.54) is 24.6 Å². The maximum atomic E-state index is 2.34. The first-order valence-electron chi connectivity index (χ1n) is 4.33. The summed E-state index contributed by atoms with van der Waals surface area (Å²) in [6.07, 6.45) is 4.18. The van der Waals surface area contributed by atoms with Crippen LogP contribution in [-0.4, -0.2) is 18.2 Å². The summed E-state index contributed by atoms with van der Waals surface area (Å²) in [5, 5.41) is 0. The normalized spacial score (nSPS) is 13.8. The Hall–Kier alpha value is -0.795. The smallest absolute Gasteiger partial charge is 0.151 e. The molecule has 13 heavy (non-hydrogen) atoms. The minimum atomic E-state index is 0. The zero-order valence-corrected chi connectivity index (χ0v) is 7.66. The van der Waals surface area contributed by atoms with Gasteiger partial charge in [-0.25, -0.2) is 0 Å². The van der Waals surface area contributed by atoms with Crippen LogP contribution in [0.5, 0.6) is 0 Å². The Morgan fingerprint density at radius 2 is 1.69 bits per heavy atom. The van der Waals surface area contributed by atoms with Gasteiger partial charge < -0.3 is 11.0 Å². The van der Waals surface area contributed by atoms with E-state index < -0.39 is 0 Å². The first kappa shape index (κ1) is 12.2. The molecule has 2 rings (SSSR count). The molecule has 71 valence electrons. The molecule has 1 aliphatic rings. The molecule has 4 N–H and O–H groups in total. The molecule has 0 aliphatic heterocycles. The predicted octanol–water partition coefficient (Wildman–Crippen LogP) is 0.195. The van der Waals surface area contributed by atoms with E-state index in [0.29, 0.717) is 0 Å². The Morgan fingerprint density at radius 3 is 2.23 bits per heavy atom. The van der Waals surface area contributed by atoms with Gasteiger partial charge in [0.2, 0.25) is 0 Å². The molecule has 1 aliphatic carbocycles. The minimum Gasteiger partial charge on any atom is -0.412 e. The lowest BCUT2D eigenvalue weighted by atomic mass is 9.66. The van der Waals surface area contributed by atoms with Gasteiger partial charge in [-0.15, -0.1) is 0 Å². The van der Waals surface area contributed by atoms with E-state index in [1.54, 1.807) is 0 Å². The molecule has 1 fully saturated rings. The molecule has 0 bridgehead atoms. The molecule has 0 amide bonds. The van der Waals surface area contributed by atoms with Crippen LogP contribution >= 0.6 is 0 Å². The highest BCUT2D eigenvalue weighted by Gasteiger charge is 2.20. The van der Waals surface area contributed by atoms with Crippen LogP contribution in [0.3, 0.4) is 0 Å². The molecule has 0 saturated heterocycles. The van der Waals surface area contributed by atoms with Crippen molar-refractivity contribution in [2.45, 2.75) is 19.2 Å². The second-order valence-electron chi connectivity index (χ2n) is 3.29. The highest BCUT2D eigenvalue weighted by Crippen LogP contribution is 2.32. The largest absolute Gasteiger partial charge is 0.412 e. The molecule has 0 spiro atoms. The third kappa shape index (κ3) is 4.11. The molecule has 0 atom stereocenters. The topological polar surface area (TPSA) is 63.0 Å². The van der Waals surface area contributed by atoms with Crippen molar-refractivity contribution in [2.24, 2.45) is 5.92 Å². The van der Waals surface area contributed by atoms with E-state index in [4.69, 9.17) is 0 Å². The van der Waals surface area contributed by atoms with E-state index >= 15 is 0 Å². The average Bonchev–Trinajstić information content (AvgIpc) is 2.86. The summed E-state index contributed by atoms with van der Waals surface area (Å²) in [5.41, 5.74) is 1.37. The molecule has 0 unspecified atom stereocenters. The van der Waals surface area contributed by atoms with Crippen LogP contribution in [0.25, 0.3) is 0 Å². The van der Waals surface area contributed by atoms with Crippen molar-refractivity contribution < 1.29 is 11.0 Å². The van der Waals surface area contributed by atoms with Crippen molar-refractivity contribution >= 4 is 12.7 Å². The van der Waals surface area contributed by atoms with Crippen LogP contribution in [0.4, 0.5) is 0 Å². The first-order chi connectivity index (χ1) is 5.45. The standard InChI is InChI=1S/C10H12B.2H2O/c1-2-4-10(5-3-1)11-8-9-6-7-9;;/h1-5,9H,6-8H2;2*1H2. The third-order valence-corrected chi connectivity index (χ3v) is 2.18. The average molecular weight is 179 g/mol. The second-order valence-corrected chi connectivity index (χ2v) is 3.29. The quantitative estimate of drug-likeness (QED) is 0.595. The van der Waals surface area contributed by atoms with Gasteiger partial charge in [-0.05, 0) is 5.92 Å².